The minimum atomic E-state index is 0.625. The molecule has 0 bridgehead atoms. The number of rotatable bonds is 1. The molecule has 1 heterocycles. The summed E-state index contributed by atoms with van der Waals surface area (Å²) in [6, 6.07) is 5.74. The molecular weight excluding hydrogens is 205 g/mol. The first kappa shape index (κ1) is 8.79. The minimum Gasteiger partial charge on any atom is -0.257 e. The molecule has 1 nitrogen and oxygen atoms in total. The average molecular weight is 212 g/mol. The van der Waals surface area contributed by atoms with Gasteiger partial charge in [0.25, 0.3) is 0 Å². The molecule has 66 valence electrons. The van der Waals surface area contributed by atoms with Gasteiger partial charge in [-0.25, -0.2) is 0 Å². The number of pyridine rings is 1. The Morgan fingerprint density at radius 2 is 2.08 bits per heavy atom. The zero-order chi connectivity index (χ0) is 9.26. The Morgan fingerprint density at radius 1 is 1.23 bits per heavy atom. The van der Waals surface area contributed by atoms with E-state index in [9.17, 15) is 0 Å². The molecule has 13 heavy (non-hydrogen) atoms. The molecule has 3 heteroatoms. The lowest BCUT2D eigenvalue weighted by Crippen LogP contribution is -1.86. The normalized spacial score (nSPS) is 16.3. The van der Waals surface area contributed by atoms with Crippen LogP contribution in [0.1, 0.15) is 12.1 Å². The predicted octanol–water partition coefficient (Wildman–Crippen LogP) is 3.56. The van der Waals surface area contributed by atoms with Crippen molar-refractivity contribution in [1.29, 1.82) is 0 Å². The van der Waals surface area contributed by atoms with Crippen LogP contribution in [0.25, 0.3) is 5.57 Å². The van der Waals surface area contributed by atoms with E-state index < -0.39 is 0 Å². The highest BCUT2D eigenvalue weighted by Crippen LogP contribution is 2.36. The summed E-state index contributed by atoms with van der Waals surface area (Å²) >= 11 is 11.9. The van der Waals surface area contributed by atoms with E-state index in [-0.39, 0.29) is 0 Å². The summed E-state index contributed by atoms with van der Waals surface area (Å²) in [5.41, 5.74) is 1.91. The van der Waals surface area contributed by atoms with Gasteiger partial charge in [-0.1, -0.05) is 35.3 Å². The lowest BCUT2D eigenvalue weighted by Gasteiger charge is -2.00. The van der Waals surface area contributed by atoms with Crippen molar-refractivity contribution in [2.75, 3.05) is 0 Å². The van der Waals surface area contributed by atoms with Gasteiger partial charge in [0.15, 0.2) is 0 Å². The molecule has 1 aliphatic carbocycles. The molecule has 0 aromatic carbocycles. The van der Waals surface area contributed by atoms with Crippen LogP contribution in [0.4, 0.5) is 0 Å². The molecule has 1 aliphatic rings. The minimum absolute atomic E-state index is 0.625. The molecule has 1 aromatic heterocycles. The van der Waals surface area contributed by atoms with E-state index >= 15 is 0 Å². The Morgan fingerprint density at radius 3 is 2.62 bits per heavy atom. The van der Waals surface area contributed by atoms with E-state index in [1.807, 2.05) is 24.3 Å². The highest BCUT2D eigenvalue weighted by Gasteiger charge is 2.15. The Labute approximate surface area is 86.7 Å². The van der Waals surface area contributed by atoms with E-state index in [1.165, 1.54) is 0 Å². The van der Waals surface area contributed by atoms with Crippen molar-refractivity contribution in [2.45, 2.75) is 6.42 Å². The van der Waals surface area contributed by atoms with Crippen LogP contribution in [0.5, 0.6) is 0 Å². The summed E-state index contributed by atoms with van der Waals surface area (Å²) < 4.78 is 0. The second-order valence-corrected chi connectivity index (χ2v) is 3.55. The number of aromatic nitrogens is 1. The molecule has 0 atom stereocenters. The van der Waals surface area contributed by atoms with Gasteiger partial charge in [-0.2, -0.15) is 0 Å². The first-order chi connectivity index (χ1) is 6.29. The predicted molar refractivity (Wildman–Crippen MR) is 55.6 cm³/mol. The fraction of sp³-hybridized carbons (Fsp3) is 0.100. The molecule has 0 aliphatic heterocycles. The average Bonchev–Trinajstić information content (AvgIpc) is 2.49. The fourth-order valence-corrected chi connectivity index (χ4v) is 1.72. The van der Waals surface area contributed by atoms with E-state index in [4.69, 9.17) is 23.2 Å². The molecule has 0 radical (unpaired) electrons. The second-order valence-electron chi connectivity index (χ2n) is 2.76. The van der Waals surface area contributed by atoms with Crippen LogP contribution in [0.15, 0.2) is 40.5 Å². The molecule has 2 rings (SSSR count). The summed E-state index contributed by atoms with van der Waals surface area (Å²) in [6.45, 7) is 0. The zero-order valence-corrected chi connectivity index (χ0v) is 8.31. The number of halogens is 2. The summed E-state index contributed by atoms with van der Waals surface area (Å²) in [5.74, 6) is 0. The number of nitrogens with zero attached hydrogens (tertiary/aromatic N) is 1. The third-order valence-corrected chi connectivity index (χ3v) is 2.81. The van der Waals surface area contributed by atoms with Crippen molar-refractivity contribution < 1.29 is 0 Å². The maximum Gasteiger partial charge on any atom is 0.0680 e. The van der Waals surface area contributed by atoms with Crippen molar-refractivity contribution in [3.8, 4) is 0 Å². The van der Waals surface area contributed by atoms with E-state index in [0.29, 0.717) is 10.1 Å². The SMILES string of the molecule is ClC1=CCC(c2ccccn2)=C1Cl. The summed E-state index contributed by atoms with van der Waals surface area (Å²) in [4.78, 5) is 4.21. The molecule has 0 unspecified atom stereocenters. The van der Waals surface area contributed by atoms with Crippen LogP contribution in [-0.4, -0.2) is 4.98 Å². The Balaban J connectivity index is 2.41. The topological polar surface area (TPSA) is 12.9 Å². The third-order valence-electron chi connectivity index (χ3n) is 1.93. The highest BCUT2D eigenvalue weighted by atomic mass is 35.5. The van der Waals surface area contributed by atoms with Gasteiger partial charge in [-0.3, -0.25) is 4.98 Å². The van der Waals surface area contributed by atoms with Crippen LogP contribution in [0.3, 0.4) is 0 Å². The van der Waals surface area contributed by atoms with E-state index in [0.717, 1.165) is 17.7 Å². The zero-order valence-electron chi connectivity index (χ0n) is 6.80. The number of hydrogen-bond donors (Lipinski definition) is 0. The van der Waals surface area contributed by atoms with Crippen molar-refractivity contribution in [2.24, 2.45) is 0 Å². The first-order valence-corrected chi connectivity index (χ1v) is 4.70. The molecule has 0 amide bonds. The van der Waals surface area contributed by atoms with Gasteiger partial charge in [-0.05, 0) is 18.6 Å². The van der Waals surface area contributed by atoms with Gasteiger partial charge in [-0.15, -0.1) is 0 Å². The Hall–Kier alpha value is -0.790. The molecule has 0 fully saturated rings. The number of hydrogen-bond acceptors (Lipinski definition) is 1. The highest BCUT2D eigenvalue weighted by molar-refractivity contribution is 6.46. The molecule has 1 aromatic rings. The standard InChI is InChI=1S/C10H7Cl2N/c11-8-5-4-7(10(8)12)9-3-1-2-6-13-9/h1-3,5-6H,4H2. The molecule has 0 N–H and O–H groups in total. The van der Waals surface area contributed by atoms with Crippen molar-refractivity contribution >= 4 is 28.8 Å². The number of allylic oxidation sites excluding steroid dienone is 4. The van der Waals surface area contributed by atoms with Gasteiger partial charge in [0.1, 0.15) is 0 Å². The summed E-state index contributed by atoms with van der Waals surface area (Å²) in [7, 11) is 0. The molecule has 0 saturated heterocycles. The molecule has 0 spiro atoms. The largest absolute Gasteiger partial charge is 0.257 e. The summed E-state index contributed by atoms with van der Waals surface area (Å²) in [5, 5.41) is 1.25. The van der Waals surface area contributed by atoms with Crippen molar-refractivity contribution in [1.82, 2.24) is 4.98 Å². The first-order valence-electron chi connectivity index (χ1n) is 3.95. The molecule has 0 saturated carbocycles. The van der Waals surface area contributed by atoms with Crippen LogP contribution >= 0.6 is 23.2 Å². The van der Waals surface area contributed by atoms with Gasteiger partial charge in [0, 0.05) is 11.8 Å². The second kappa shape index (κ2) is 3.52. The van der Waals surface area contributed by atoms with Gasteiger partial charge >= 0.3 is 0 Å². The maximum absolute atomic E-state index is 6.00. The van der Waals surface area contributed by atoms with E-state index in [2.05, 4.69) is 4.98 Å². The van der Waals surface area contributed by atoms with E-state index in [1.54, 1.807) is 6.20 Å². The summed E-state index contributed by atoms with van der Waals surface area (Å²) in [6.07, 6.45) is 4.42. The monoisotopic (exact) mass is 211 g/mol. The molecular formula is C10H7Cl2N. The van der Waals surface area contributed by atoms with Gasteiger partial charge in [0.2, 0.25) is 0 Å². The third kappa shape index (κ3) is 1.62. The Bertz CT molecular complexity index is 379. The van der Waals surface area contributed by atoms with Crippen LogP contribution in [0, 0.1) is 0 Å². The van der Waals surface area contributed by atoms with Gasteiger partial charge < -0.3 is 0 Å². The fourth-order valence-electron chi connectivity index (χ4n) is 1.27. The van der Waals surface area contributed by atoms with Gasteiger partial charge in [0.05, 0.1) is 15.8 Å². The van der Waals surface area contributed by atoms with Crippen molar-refractivity contribution in [3.05, 3.63) is 46.2 Å². The van der Waals surface area contributed by atoms with Crippen LogP contribution in [-0.2, 0) is 0 Å². The lowest BCUT2D eigenvalue weighted by atomic mass is 10.1. The van der Waals surface area contributed by atoms with Crippen molar-refractivity contribution in [3.63, 3.8) is 0 Å². The smallest absolute Gasteiger partial charge is 0.0680 e. The Kier molecular flexibility index (Phi) is 2.38. The van der Waals surface area contributed by atoms with Crippen LogP contribution in [0.2, 0.25) is 0 Å². The van der Waals surface area contributed by atoms with Crippen LogP contribution < -0.4 is 0 Å². The maximum atomic E-state index is 6.00. The quantitative estimate of drug-likeness (QED) is 0.693. The lowest BCUT2D eigenvalue weighted by molar-refractivity contribution is 1.24.